The summed E-state index contributed by atoms with van der Waals surface area (Å²) in [5, 5.41) is 0. The first kappa shape index (κ1) is 16.3. The lowest BCUT2D eigenvalue weighted by atomic mass is 10.1. The summed E-state index contributed by atoms with van der Waals surface area (Å²) in [6.45, 7) is 4.86. The lowest BCUT2D eigenvalue weighted by Gasteiger charge is -2.36. The summed E-state index contributed by atoms with van der Waals surface area (Å²) in [5.41, 5.74) is 2.76. The number of rotatable bonds is 3. The summed E-state index contributed by atoms with van der Waals surface area (Å²) in [4.78, 5) is 16.6. The van der Waals surface area contributed by atoms with Gasteiger partial charge in [0.15, 0.2) is 11.6 Å². The Labute approximate surface area is 141 Å². The molecule has 0 spiro atoms. The summed E-state index contributed by atoms with van der Waals surface area (Å²) in [7, 11) is 1.41. The molecule has 4 nitrogen and oxygen atoms in total. The second kappa shape index (κ2) is 6.91. The minimum absolute atomic E-state index is 0.139. The number of halogens is 1. The SMILES string of the molecule is COc1ccc(C(=O)N2CCN(c3ccc(C)cc3)CC2)cc1F. The molecule has 126 valence electrons. The summed E-state index contributed by atoms with van der Waals surface area (Å²) < 4.78 is 18.7. The highest BCUT2D eigenvalue weighted by Crippen LogP contribution is 2.21. The monoisotopic (exact) mass is 328 g/mol. The molecule has 3 rings (SSSR count). The zero-order valence-corrected chi connectivity index (χ0v) is 14.0. The predicted octanol–water partition coefficient (Wildman–Crippen LogP) is 3.11. The number of benzene rings is 2. The van der Waals surface area contributed by atoms with Gasteiger partial charge >= 0.3 is 0 Å². The van der Waals surface area contributed by atoms with E-state index in [9.17, 15) is 9.18 Å². The minimum Gasteiger partial charge on any atom is -0.494 e. The molecule has 0 unspecified atom stereocenters. The quantitative estimate of drug-likeness (QED) is 0.868. The fourth-order valence-electron chi connectivity index (χ4n) is 2.91. The second-order valence-electron chi connectivity index (χ2n) is 5.96. The van der Waals surface area contributed by atoms with E-state index >= 15 is 0 Å². The van der Waals surface area contributed by atoms with Gasteiger partial charge in [0.05, 0.1) is 7.11 Å². The van der Waals surface area contributed by atoms with Crippen molar-refractivity contribution in [3.8, 4) is 5.75 Å². The van der Waals surface area contributed by atoms with Crippen LogP contribution in [0.2, 0.25) is 0 Å². The predicted molar refractivity (Wildman–Crippen MR) is 92.2 cm³/mol. The fourth-order valence-corrected chi connectivity index (χ4v) is 2.91. The maximum Gasteiger partial charge on any atom is 0.254 e. The molecule has 0 radical (unpaired) electrons. The molecule has 0 N–H and O–H groups in total. The molecule has 2 aromatic rings. The smallest absolute Gasteiger partial charge is 0.254 e. The number of carbonyl (C=O) groups is 1. The Morgan fingerprint density at radius 2 is 1.71 bits per heavy atom. The van der Waals surface area contributed by atoms with E-state index in [2.05, 4.69) is 36.1 Å². The van der Waals surface area contributed by atoms with Gasteiger partial charge in [-0.3, -0.25) is 4.79 Å². The molecule has 5 heteroatoms. The van der Waals surface area contributed by atoms with Crippen LogP contribution >= 0.6 is 0 Å². The number of nitrogens with zero attached hydrogens (tertiary/aromatic N) is 2. The molecule has 0 bridgehead atoms. The summed E-state index contributed by atoms with van der Waals surface area (Å²) in [6.07, 6.45) is 0. The van der Waals surface area contributed by atoms with Crippen LogP contribution < -0.4 is 9.64 Å². The maximum absolute atomic E-state index is 13.8. The van der Waals surface area contributed by atoms with Crippen LogP contribution in [0.4, 0.5) is 10.1 Å². The van der Waals surface area contributed by atoms with E-state index < -0.39 is 5.82 Å². The van der Waals surface area contributed by atoms with E-state index in [1.165, 1.54) is 30.5 Å². The third-order valence-electron chi connectivity index (χ3n) is 4.36. The van der Waals surface area contributed by atoms with Gasteiger partial charge in [0.25, 0.3) is 5.91 Å². The van der Waals surface area contributed by atoms with Crippen molar-refractivity contribution in [3.05, 3.63) is 59.4 Å². The molecule has 1 aliphatic rings. The lowest BCUT2D eigenvalue weighted by Crippen LogP contribution is -2.48. The highest BCUT2D eigenvalue weighted by Gasteiger charge is 2.23. The van der Waals surface area contributed by atoms with E-state index in [4.69, 9.17) is 4.74 Å². The number of hydrogen-bond donors (Lipinski definition) is 0. The van der Waals surface area contributed by atoms with Gasteiger partial charge in [0.1, 0.15) is 0 Å². The third kappa shape index (κ3) is 3.35. The van der Waals surface area contributed by atoms with Crippen molar-refractivity contribution in [2.45, 2.75) is 6.92 Å². The first-order chi connectivity index (χ1) is 11.6. The standard InChI is InChI=1S/C19H21FN2O2/c1-14-3-6-16(7-4-14)21-9-11-22(12-10-21)19(23)15-5-8-18(24-2)17(20)13-15/h3-8,13H,9-12H2,1-2H3. The van der Waals surface area contributed by atoms with Gasteiger partial charge in [0.2, 0.25) is 0 Å². The topological polar surface area (TPSA) is 32.8 Å². The molecule has 0 atom stereocenters. The molecule has 0 aliphatic carbocycles. The lowest BCUT2D eigenvalue weighted by molar-refractivity contribution is 0.0746. The van der Waals surface area contributed by atoms with Crippen LogP contribution in [-0.4, -0.2) is 44.1 Å². The first-order valence-corrected chi connectivity index (χ1v) is 8.03. The molecule has 1 fully saturated rings. The van der Waals surface area contributed by atoms with Gasteiger partial charge in [0, 0.05) is 37.4 Å². The number of methoxy groups -OCH3 is 1. The van der Waals surface area contributed by atoms with E-state index in [0.717, 1.165) is 13.1 Å². The molecule has 0 aromatic heterocycles. The Morgan fingerprint density at radius 1 is 1.04 bits per heavy atom. The number of hydrogen-bond acceptors (Lipinski definition) is 3. The van der Waals surface area contributed by atoms with Crippen molar-refractivity contribution >= 4 is 11.6 Å². The largest absolute Gasteiger partial charge is 0.494 e. The Kier molecular flexibility index (Phi) is 4.69. The minimum atomic E-state index is -0.512. The molecular formula is C19H21FN2O2. The molecular weight excluding hydrogens is 307 g/mol. The van der Waals surface area contributed by atoms with E-state index in [1.807, 2.05) is 0 Å². The van der Waals surface area contributed by atoms with E-state index in [-0.39, 0.29) is 11.7 Å². The van der Waals surface area contributed by atoms with Crippen LogP contribution in [0.3, 0.4) is 0 Å². The van der Waals surface area contributed by atoms with E-state index in [1.54, 1.807) is 11.0 Å². The Bertz CT molecular complexity index is 723. The van der Waals surface area contributed by atoms with Gasteiger partial charge in [-0.15, -0.1) is 0 Å². The van der Waals surface area contributed by atoms with Gasteiger partial charge in [-0.25, -0.2) is 4.39 Å². The van der Waals surface area contributed by atoms with Crippen molar-refractivity contribution in [3.63, 3.8) is 0 Å². The normalized spacial score (nSPS) is 14.6. The Hall–Kier alpha value is -2.56. The highest BCUT2D eigenvalue weighted by molar-refractivity contribution is 5.94. The number of piperazine rings is 1. The molecule has 1 amide bonds. The zero-order valence-electron chi connectivity index (χ0n) is 14.0. The molecule has 1 aliphatic heterocycles. The van der Waals surface area contributed by atoms with Crippen molar-refractivity contribution in [2.24, 2.45) is 0 Å². The van der Waals surface area contributed by atoms with Crippen LogP contribution in [0.1, 0.15) is 15.9 Å². The Balaban J connectivity index is 1.64. The molecule has 24 heavy (non-hydrogen) atoms. The van der Waals surface area contributed by atoms with Crippen molar-refractivity contribution < 1.29 is 13.9 Å². The van der Waals surface area contributed by atoms with Crippen molar-refractivity contribution in [1.29, 1.82) is 0 Å². The molecule has 0 saturated carbocycles. The number of anilines is 1. The van der Waals surface area contributed by atoms with Crippen LogP contribution in [0.15, 0.2) is 42.5 Å². The number of ether oxygens (including phenoxy) is 1. The maximum atomic E-state index is 13.8. The zero-order chi connectivity index (χ0) is 17.1. The van der Waals surface area contributed by atoms with Crippen LogP contribution in [0.5, 0.6) is 5.75 Å². The average Bonchev–Trinajstić information content (AvgIpc) is 2.62. The number of amides is 1. The van der Waals surface area contributed by atoms with Crippen molar-refractivity contribution in [1.82, 2.24) is 4.90 Å². The number of carbonyl (C=O) groups excluding carboxylic acids is 1. The molecule has 2 aromatic carbocycles. The van der Waals surface area contributed by atoms with Crippen LogP contribution in [-0.2, 0) is 0 Å². The summed E-state index contributed by atoms with van der Waals surface area (Å²) in [6, 6.07) is 12.7. The third-order valence-corrected chi connectivity index (χ3v) is 4.36. The summed E-state index contributed by atoms with van der Waals surface area (Å²) in [5.74, 6) is -0.502. The molecule has 1 heterocycles. The number of aryl methyl sites for hydroxylation is 1. The van der Waals surface area contributed by atoms with Crippen LogP contribution in [0, 0.1) is 12.7 Å². The Morgan fingerprint density at radius 3 is 2.29 bits per heavy atom. The molecule has 1 saturated heterocycles. The van der Waals surface area contributed by atoms with Gasteiger partial charge in [-0.1, -0.05) is 17.7 Å². The van der Waals surface area contributed by atoms with Gasteiger partial charge in [-0.2, -0.15) is 0 Å². The fraction of sp³-hybridized carbons (Fsp3) is 0.316. The summed E-state index contributed by atoms with van der Waals surface area (Å²) >= 11 is 0. The van der Waals surface area contributed by atoms with Crippen LogP contribution in [0.25, 0.3) is 0 Å². The second-order valence-corrected chi connectivity index (χ2v) is 5.96. The van der Waals surface area contributed by atoms with Crippen molar-refractivity contribution in [2.75, 3.05) is 38.2 Å². The average molecular weight is 328 g/mol. The van der Waals surface area contributed by atoms with Gasteiger partial charge in [-0.05, 0) is 37.3 Å². The first-order valence-electron chi connectivity index (χ1n) is 8.03. The highest BCUT2D eigenvalue weighted by atomic mass is 19.1. The van der Waals surface area contributed by atoms with Gasteiger partial charge < -0.3 is 14.5 Å². The van der Waals surface area contributed by atoms with E-state index in [0.29, 0.717) is 18.7 Å².